The largest absolute Gasteiger partial charge is 0.508 e. The predicted octanol–water partition coefficient (Wildman–Crippen LogP) is 6.08. The molecule has 1 aliphatic carbocycles. The molecule has 8 aliphatic rings. The summed E-state index contributed by atoms with van der Waals surface area (Å²) in [6, 6.07) is 15.4. The van der Waals surface area contributed by atoms with Gasteiger partial charge in [0.05, 0.1) is 53.5 Å². The maximum absolute atomic E-state index is 16.6. The highest BCUT2D eigenvalue weighted by Crippen LogP contribution is 2.51. The van der Waals surface area contributed by atoms with Gasteiger partial charge in [-0.1, -0.05) is 117 Å². The summed E-state index contributed by atoms with van der Waals surface area (Å²) in [5.41, 5.74) is 4.77. The van der Waals surface area contributed by atoms with Gasteiger partial charge in [0, 0.05) is 46.3 Å². The summed E-state index contributed by atoms with van der Waals surface area (Å²) in [5, 5.41) is 138. The summed E-state index contributed by atoms with van der Waals surface area (Å²) in [6.45, 7) is 9.70. The minimum atomic E-state index is -2.37. The number of benzene rings is 7. The highest BCUT2D eigenvalue weighted by molar-refractivity contribution is 6.32. The van der Waals surface area contributed by atoms with Gasteiger partial charge in [0.25, 0.3) is 0 Å². The van der Waals surface area contributed by atoms with E-state index in [9.17, 15) is 65.4 Å². The van der Waals surface area contributed by atoms with Crippen LogP contribution in [0.15, 0.2) is 127 Å². The number of primary amides is 1. The lowest BCUT2D eigenvalue weighted by Crippen LogP contribution is -2.65. The second-order valence-electron chi connectivity index (χ2n) is 32.8. The second-order valence-corrected chi connectivity index (χ2v) is 34.1. The van der Waals surface area contributed by atoms with E-state index in [1.165, 1.54) is 37.4 Å². The van der Waals surface area contributed by atoms with E-state index in [1.54, 1.807) is 39.8 Å². The van der Waals surface area contributed by atoms with E-state index in [0.29, 0.717) is 5.02 Å². The van der Waals surface area contributed by atoms with Crippen molar-refractivity contribution in [3.8, 4) is 68.2 Å². The number of aromatic hydroxyl groups is 3. The molecule has 7 heterocycles. The number of rotatable bonds is 19. The maximum atomic E-state index is 16.6. The molecular formula is C87H98Cl3N9O25. The standard InChI is InChI=1S/C87H98Cl3N9O25/c1-36(2)22-54(92-7)79(110)98-69-72(106)44-15-20-58(52(89)26-44)120-60-28-46-29-61(76(60)124-86-77(74(108)73(107)62(35-100)122-86)123-64-33-87(6,78(109)39(5)118-64)93-34-40-8-10-41(11-9-40)42-12-17-47(88)18-13-42)121-59-21-16-45(27-53(59)90)75(119-49-23-37(3)71(105)38(4)24-49)70-84(115)97-68(85(116)117)51-30-48(101)31-57(103)65(51)50-25-43(14-19-56(50)102)66(81(112)99-70)96-82(113)67(46)95-80(111)55(32-63(91)104)94-83(69)114/h8-21,25-31,36-39,49,54-55,62,64,66-75,77-78,86,92-93,100-103,105-109H,22-24,32-35H2,1-7H3,(H2,91,104)(H,94,114)(H,95,111)(H,96,113)(H,97,115)(H,98,110)(H,99,112)(H,116,117)/t37-,38?,39+,49-,54-,55+,62-,64+,66-,67-,68-,69-,70?,71+,72-,73-,74+,75-,77-,78+,86+,87+/m1/s1. The van der Waals surface area contributed by atoms with Crippen LogP contribution in [0.5, 0.6) is 46.0 Å². The highest BCUT2D eigenvalue weighted by Gasteiger charge is 2.53. The smallest absolute Gasteiger partial charge is 0.330 e. The Bertz CT molecular complexity index is 5180. The van der Waals surface area contributed by atoms with Gasteiger partial charge < -0.3 is 132 Å². The van der Waals surface area contributed by atoms with E-state index >= 15 is 24.0 Å². The van der Waals surface area contributed by atoms with Crippen LogP contribution in [0.2, 0.25) is 15.1 Å². The van der Waals surface area contributed by atoms with E-state index in [1.807, 2.05) is 50.2 Å². The quantitative estimate of drug-likeness (QED) is 0.0436. The molecule has 34 nitrogen and oxygen atoms in total. The van der Waals surface area contributed by atoms with Crippen molar-refractivity contribution in [2.45, 2.75) is 202 Å². The molecule has 124 heavy (non-hydrogen) atoms. The number of ether oxygens (including phenoxy) is 7. The summed E-state index contributed by atoms with van der Waals surface area (Å²) in [6.07, 6.45) is -19.7. The number of nitrogens with one attached hydrogen (secondary N) is 8. The van der Waals surface area contributed by atoms with Crippen LogP contribution in [0.4, 0.5) is 0 Å². The van der Waals surface area contributed by atoms with Crippen molar-refractivity contribution in [1.82, 2.24) is 42.5 Å². The molecule has 20 N–H and O–H groups in total. The molecular weight excluding hydrogens is 1680 g/mol. The molecule has 15 rings (SSSR count). The fourth-order valence-electron chi connectivity index (χ4n) is 16.6. The lowest BCUT2D eigenvalue weighted by molar-refractivity contribution is -0.334. The number of fused-ring (bicyclic) bond motifs is 15. The molecule has 37 heteroatoms. The van der Waals surface area contributed by atoms with Gasteiger partial charge in [-0.2, -0.15) is 0 Å². The minimum absolute atomic E-state index is 0.0355. The molecule has 7 aromatic carbocycles. The number of aliphatic hydroxyl groups excluding tert-OH is 6. The van der Waals surface area contributed by atoms with Gasteiger partial charge in [-0.15, -0.1) is 0 Å². The molecule has 0 radical (unpaired) electrons. The zero-order chi connectivity index (χ0) is 89.4. The van der Waals surface area contributed by atoms with Crippen LogP contribution in [0, 0.1) is 17.8 Å². The number of phenolic OH excluding ortho intramolecular Hbond substituents is 3. The molecule has 0 spiro atoms. The number of carbonyl (C=O) groups is 8. The van der Waals surface area contributed by atoms with Gasteiger partial charge in [-0.05, 0) is 164 Å². The predicted molar refractivity (Wildman–Crippen MR) is 445 cm³/mol. The Morgan fingerprint density at radius 2 is 1.25 bits per heavy atom. The Kier molecular flexibility index (Phi) is 28.0. The third-order valence-electron chi connectivity index (χ3n) is 23.3. The van der Waals surface area contributed by atoms with Crippen molar-refractivity contribution in [3.05, 3.63) is 176 Å². The van der Waals surface area contributed by atoms with Crippen molar-refractivity contribution in [3.63, 3.8) is 0 Å². The number of halogens is 3. The summed E-state index contributed by atoms with van der Waals surface area (Å²) in [7, 11) is 1.48. The Labute approximate surface area is 726 Å². The number of aliphatic carboxylic acids is 1. The topological polar surface area (TPSA) is 526 Å². The average molecular weight is 1780 g/mol. The van der Waals surface area contributed by atoms with E-state index < -0.39 is 250 Å². The molecule has 7 aromatic rings. The number of amides is 7. The van der Waals surface area contributed by atoms with Crippen LogP contribution >= 0.6 is 34.8 Å². The fraction of sp³-hybridized carbons (Fsp3) is 0.425. The fourth-order valence-corrected chi connectivity index (χ4v) is 17.2. The lowest BCUT2D eigenvalue weighted by Gasteiger charge is -2.48. The van der Waals surface area contributed by atoms with E-state index in [0.717, 1.165) is 65.2 Å². The Morgan fingerprint density at radius 3 is 1.86 bits per heavy atom. The molecule has 1 saturated carbocycles. The molecule has 22 atom stereocenters. The number of carbonyl (C=O) groups excluding carboxylic acids is 7. The molecule has 0 aromatic heterocycles. The van der Waals surface area contributed by atoms with Crippen molar-refractivity contribution >= 4 is 82.1 Å². The molecule has 2 saturated heterocycles. The van der Waals surface area contributed by atoms with Gasteiger partial charge in [0.15, 0.2) is 29.9 Å². The number of likely N-dealkylation sites (N-methyl/N-ethyl adjacent to an activating group) is 1. The first-order valence-corrected chi connectivity index (χ1v) is 41.4. The summed E-state index contributed by atoms with van der Waals surface area (Å²) >= 11 is 20.9. The Balaban J connectivity index is 1.01. The minimum Gasteiger partial charge on any atom is -0.508 e. The number of phenols is 3. The number of aliphatic hydroxyl groups is 6. The first-order chi connectivity index (χ1) is 58.9. The molecule has 11 bridgehead atoms. The van der Waals surface area contributed by atoms with Crippen molar-refractivity contribution < 1.29 is 123 Å². The molecule has 7 aliphatic heterocycles. The number of hydrogen-bond acceptors (Lipinski definition) is 26. The Hall–Kier alpha value is -10.5. The van der Waals surface area contributed by atoms with Crippen molar-refractivity contribution in [2.24, 2.45) is 23.5 Å². The van der Waals surface area contributed by atoms with Crippen molar-refractivity contribution in [2.75, 3.05) is 13.7 Å². The van der Waals surface area contributed by atoms with E-state index in [-0.39, 0.29) is 76.4 Å². The zero-order valence-corrected chi connectivity index (χ0v) is 70.4. The molecule has 2 unspecified atom stereocenters. The van der Waals surface area contributed by atoms with Crippen molar-refractivity contribution in [1.29, 1.82) is 0 Å². The first kappa shape index (κ1) is 91.2. The van der Waals surface area contributed by atoms with Gasteiger partial charge in [0.1, 0.15) is 89.5 Å². The summed E-state index contributed by atoms with van der Waals surface area (Å²) in [4.78, 5) is 121. The maximum Gasteiger partial charge on any atom is 0.330 e. The van der Waals surface area contributed by atoms with Crippen LogP contribution in [0.3, 0.4) is 0 Å². The number of nitrogens with two attached hydrogens (primary N) is 1. The van der Waals surface area contributed by atoms with Gasteiger partial charge >= 0.3 is 5.97 Å². The zero-order valence-electron chi connectivity index (χ0n) is 68.1. The average Bonchev–Trinajstić information content (AvgIpc) is 0.764. The van der Waals surface area contributed by atoms with E-state index in [2.05, 4.69) is 42.5 Å². The summed E-state index contributed by atoms with van der Waals surface area (Å²) < 4.78 is 47.0. The van der Waals surface area contributed by atoms with Gasteiger partial charge in [-0.25, -0.2) is 4.79 Å². The summed E-state index contributed by atoms with van der Waals surface area (Å²) in [5.74, 6) is -16.5. The van der Waals surface area contributed by atoms with E-state index in [4.69, 9.17) is 73.7 Å². The number of hydrogen-bond donors (Lipinski definition) is 19. The first-order valence-electron chi connectivity index (χ1n) is 40.3. The number of carboxylic acid groups (broad SMARTS) is 1. The third-order valence-corrected chi connectivity index (χ3v) is 24.2. The molecule has 3 fully saturated rings. The van der Waals surface area contributed by atoms with Crippen LogP contribution in [-0.2, 0) is 63.8 Å². The van der Waals surface area contributed by atoms with Crippen LogP contribution in [-0.4, -0.2) is 203 Å². The van der Waals surface area contributed by atoms with Crippen LogP contribution in [0.25, 0.3) is 22.3 Å². The second kappa shape index (κ2) is 38.1. The van der Waals surface area contributed by atoms with Gasteiger partial charge in [-0.3, -0.25) is 33.6 Å². The number of carboxylic acids is 1. The normalized spacial score (nSPS) is 29.3. The SMILES string of the molecule is CN[C@H](CC(C)C)C(=O)N[C@H]1C(=O)N[C@@H](CC(N)=O)C(=O)N[C@H]2C(=O)N[C@H]3C(=O)NC(C(=O)N[C@@H](C(=O)O)c4cc(O)cc(O)c4-c4cc3ccc4O)[C@H](O[C@H]3CC(C)[C@@H](O)[C@H](C)C3)c3ccc(c(Cl)c3)Oc3cc2cc(c3O[C@@H]2O[C@H](CO)[C@@H](O)[C@H](O)[C@H]2O[C@H]2C[C@](C)(NCc3ccc(-c4ccc(Cl)cc4)cc3)[C@@H](O)[C@H](C)O2)Oc2ccc(cc2Cl)[C@H]1O. The molecule has 662 valence electrons. The lowest BCUT2D eigenvalue weighted by atomic mass is 9.79. The third kappa shape index (κ3) is 19.9. The monoisotopic (exact) mass is 1770 g/mol. The highest BCUT2D eigenvalue weighted by atomic mass is 35.5. The Morgan fingerprint density at radius 1 is 0.645 bits per heavy atom. The van der Waals surface area contributed by atoms with Gasteiger partial charge in [0.2, 0.25) is 53.4 Å². The van der Waals surface area contributed by atoms with Crippen LogP contribution in [0.1, 0.15) is 137 Å². The molecule has 7 amide bonds. The van der Waals surface area contributed by atoms with Crippen LogP contribution < -0.4 is 62.5 Å².